The van der Waals surface area contributed by atoms with Crippen LogP contribution in [-0.2, 0) is 0 Å². The lowest BCUT2D eigenvalue weighted by Gasteiger charge is -2.07. The number of hydrogen-bond acceptors (Lipinski definition) is 6. The van der Waals surface area contributed by atoms with Crippen LogP contribution < -0.4 is 5.32 Å². The highest BCUT2D eigenvalue weighted by molar-refractivity contribution is 6.04. The fourth-order valence-corrected chi connectivity index (χ4v) is 4.73. The van der Waals surface area contributed by atoms with Gasteiger partial charge in [-0.25, -0.2) is 9.97 Å². The standard InChI is InChI=1S/C31H22N8O/c1-18-6-5-9-20(12-18)23-16-33-17-26-27(23)37-30(36-26)29-28-25(38-39-29)11-10-24(35-28)21-13-22(15-32-14-21)34-31(40)19-7-3-2-4-8-19/h2-17H,1H3,(H,34,40)(H,36,37)(H,38,39). The van der Waals surface area contributed by atoms with E-state index in [0.717, 1.165) is 33.2 Å². The number of hydrogen-bond donors (Lipinski definition) is 3. The van der Waals surface area contributed by atoms with Gasteiger partial charge in [-0.3, -0.25) is 19.9 Å². The van der Waals surface area contributed by atoms with Crippen LogP contribution in [0.1, 0.15) is 15.9 Å². The van der Waals surface area contributed by atoms with Gasteiger partial charge < -0.3 is 10.3 Å². The van der Waals surface area contributed by atoms with Gasteiger partial charge in [0, 0.05) is 29.1 Å². The molecule has 0 bridgehead atoms. The highest BCUT2D eigenvalue weighted by atomic mass is 16.1. The molecule has 0 saturated heterocycles. The Balaban J connectivity index is 1.25. The van der Waals surface area contributed by atoms with Crippen molar-refractivity contribution in [1.29, 1.82) is 0 Å². The molecule has 0 atom stereocenters. The van der Waals surface area contributed by atoms with Crippen molar-refractivity contribution in [3.63, 3.8) is 0 Å². The van der Waals surface area contributed by atoms with Gasteiger partial charge in [0.25, 0.3) is 5.91 Å². The predicted octanol–water partition coefficient (Wildman–Crippen LogP) is 6.19. The predicted molar refractivity (Wildman–Crippen MR) is 155 cm³/mol. The van der Waals surface area contributed by atoms with Gasteiger partial charge in [0.15, 0.2) is 11.5 Å². The van der Waals surface area contributed by atoms with Gasteiger partial charge >= 0.3 is 0 Å². The third-order valence-electron chi connectivity index (χ3n) is 6.68. The molecule has 0 fully saturated rings. The minimum absolute atomic E-state index is 0.204. The molecule has 0 radical (unpaired) electrons. The Morgan fingerprint density at radius 2 is 1.65 bits per heavy atom. The summed E-state index contributed by atoms with van der Waals surface area (Å²) in [5, 5.41) is 10.5. The molecule has 0 aliphatic carbocycles. The SMILES string of the molecule is Cc1cccc(-c2cncc3[nH]c(-c4n[nH]c5ccc(-c6cncc(NC(=O)c7ccccc7)c6)nc45)nc23)c1. The fraction of sp³-hybridized carbons (Fsp3) is 0.0323. The van der Waals surface area contributed by atoms with Crippen LogP contribution in [0.4, 0.5) is 5.69 Å². The Morgan fingerprint density at radius 3 is 2.52 bits per heavy atom. The molecule has 0 saturated carbocycles. The molecule has 0 spiro atoms. The van der Waals surface area contributed by atoms with E-state index in [2.05, 4.69) is 55.6 Å². The molecule has 1 amide bonds. The Labute approximate surface area is 228 Å². The van der Waals surface area contributed by atoms with Gasteiger partial charge in [-0.05, 0) is 42.8 Å². The molecule has 2 aromatic carbocycles. The van der Waals surface area contributed by atoms with Crippen molar-refractivity contribution < 1.29 is 4.79 Å². The number of aromatic nitrogens is 7. The molecule has 9 nitrogen and oxygen atoms in total. The van der Waals surface area contributed by atoms with Crippen LogP contribution >= 0.6 is 0 Å². The third-order valence-corrected chi connectivity index (χ3v) is 6.68. The number of carbonyl (C=O) groups is 1. The quantitative estimate of drug-likeness (QED) is 0.248. The maximum Gasteiger partial charge on any atom is 0.255 e. The summed E-state index contributed by atoms with van der Waals surface area (Å²) in [5.41, 5.74) is 9.43. The summed E-state index contributed by atoms with van der Waals surface area (Å²) in [7, 11) is 0. The van der Waals surface area contributed by atoms with Gasteiger partial charge in [-0.1, -0.05) is 48.0 Å². The summed E-state index contributed by atoms with van der Waals surface area (Å²) in [6.07, 6.45) is 6.92. The lowest BCUT2D eigenvalue weighted by molar-refractivity contribution is 0.102. The summed E-state index contributed by atoms with van der Waals surface area (Å²) < 4.78 is 0. The van der Waals surface area contributed by atoms with Crippen LogP contribution in [0.25, 0.3) is 56.0 Å². The van der Waals surface area contributed by atoms with Crippen molar-refractivity contribution in [2.24, 2.45) is 0 Å². The van der Waals surface area contributed by atoms with Crippen molar-refractivity contribution in [1.82, 2.24) is 35.1 Å². The number of pyridine rings is 3. The summed E-state index contributed by atoms with van der Waals surface area (Å²) in [4.78, 5) is 34.6. The van der Waals surface area contributed by atoms with Crippen molar-refractivity contribution in [2.75, 3.05) is 5.32 Å². The largest absolute Gasteiger partial charge is 0.335 e. The van der Waals surface area contributed by atoms with Crippen LogP contribution in [0.5, 0.6) is 0 Å². The number of aromatic amines is 2. The number of imidazole rings is 1. The first-order valence-electron chi connectivity index (χ1n) is 12.7. The zero-order chi connectivity index (χ0) is 27.1. The van der Waals surface area contributed by atoms with E-state index in [4.69, 9.17) is 9.97 Å². The fourth-order valence-electron chi connectivity index (χ4n) is 4.73. The number of nitrogens with one attached hydrogen (secondary N) is 3. The van der Waals surface area contributed by atoms with Crippen molar-refractivity contribution in [3.05, 3.63) is 109 Å². The average Bonchev–Trinajstić information content (AvgIpc) is 3.61. The van der Waals surface area contributed by atoms with Gasteiger partial charge in [0.2, 0.25) is 0 Å². The molecule has 40 heavy (non-hydrogen) atoms. The van der Waals surface area contributed by atoms with Crippen LogP contribution in [0.15, 0.2) is 97.6 Å². The number of amides is 1. The van der Waals surface area contributed by atoms with E-state index in [1.165, 1.54) is 5.56 Å². The molecule has 0 aliphatic rings. The minimum atomic E-state index is -0.204. The van der Waals surface area contributed by atoms with E-state index in [9.17, 15) is 4.79 Å². The molecule has 0 unspecified atom stereocenters. The Morgan fingerprint density at radius 1 is 0.775 bits per heavy atom. The van der Waals surface area contributed by atoms with E-state index < -0.39 is 0 Å². The van der Waals surface area contributed by atoms with Crippen LogP contribution in [-0.4, -0.2) is 41.0 Å². The monoisotopic (exact) mass is 522 g/mol. The molecular formula is C31H22N8O. The highest BCUT2D eigenvalue weighted by Gasteiger charge is 2.17. The van der Waals surface area contributed by atoms with Gasteiger partial charge in [0.05, 0.1) is 40.3 Å². The normalized spacial score (nSPS) is 11.2. The lowest BCUT2D eigenvalue weighted by Crippen LogP contribution is -2.11. The summed E-state index contributed by atoms with van der Waals surface area (Å²) >= 11 is 0. The Kier molecular flexibility index (Phi) is 5.59. The minimum Gasteiger partial charge on any atom is -0.335 e. The molecule has 0 aliphatic heterocycles. The van der Waals surface area contributed by atoms with Crippen molar-refractivity contribution in [3.8, 4) is 33.9 Å². The molecule has 9 heteroatoms. The average molecular weight is 523 g/mol. The van der Waals surface area contributed by atoms with Crippen molar-refractivity contribution in [2.45, 2.75) is 6.92 Å². The van der Waals surface area contributed by atoms with Crippen LogP contribution in [0, 0.1) is 6.92 Å². The number of benzene rings is 2. The first kappa shape index (κ1) is 23.4. The number of anilines is 1. The number of fused-ring (bicyclic) bond motifs is 2. The number of nitrogens with zero attached hydrogens (tertiary/aromatic N) is 5. The zero-order valence-electron chi connectivity index (χ0n) is 21.4. The van der Waals surface area contributed by atoms with Crippen molar-refractivity contribution >= 4 is 33.7 Å². The maximum atomic E-state index is 12.6. The van der Waals surface area contributed by atoms with E-state index in [1.54, 1.807) is 30.7 Å². The van der Waals surface area contributed by atoms with Gasteiger partial charge in [-0.15, -0.1) is 0 Å². The number of aryl methyl sites for hydroxylation is 1. The molecule has 5 heterocycles. The summed E-state index contributed by atoms with van der Waals surface area (Å²) in [6.45, 7) is 2.06. The van der Waals surface area contributed by atoms with E-state index in [0.29, 0.717) is 34.0 Å². The second-order valence-corrected chi connectivity index (χ2v) is 9.49. The van der Waals surface area contributed by atoms with E-state index in [-0.39, 0.29) is 5.91 Å². The van der Waals surface area contributed by atoms with Crippen LogP contribution in [0.3, 0.4) is 0 Å². The van der Waals surface area contributed by atoms with E-state index in [1.807, 2.05) is 48.7 Å². The first-order chi connectivity index (χ1) is 19.6. The summed E-state index contributed by atoms with van der Waals surface area (Å²) in [5.74, 6) is 0.388. The molecule has 5 aromatic heterocycles. The third kappa shape index (κ3) is 4.25. The molecule has 3 N–H and O–H groups in total. The van der Waals surface area contributed by atoms with Gasteiger partial charge in [-0.2, -0.15) is 5.10 Å². The molecular weight excluding hydrogens is 500 g/mol. The first-order valence-corrected chi connectivity index (χ1v) is 12.7. The summed E-state index contributed by atoms with van der Waals surface area (Å²) in [6, 6.07) is 23.0. The number of carbonyl (C=O) groups excluding carboxylic acids is 1. The van der Waals surface area contributed by atoms with E-state index >= 15 is 0 Å². The topological polar surface area (TPSA) is 125 Å². The van der Waals surface area contributed by atoms with Gasteiger partial charge in [0.1, 0.15) is 5.52 Å². The smallest absolute Gasteiger partial charge is 0.255 e. The molecule has 7 rings (SSSR count). The highest BCUT2D eigenvalue weighted by Crippen LogP contribution is 2.31. The molecule has 192 valence electrons. The number of rotatable bonds is 5. The second-order valence-electron chi connectivity index (χ2n) is 9.49. The Hall–Kier alpha value is -5.70. The zero-order valence-corrected chi connectivity index (χ0v) is 21.4. The molecule has 7 aromatic rings. The number of H-pyrrole nitrogens is 2. The van der Waals surface area contributed by atoms with Crippen LogP contribution in [0.2, 0.25) is 0 Å². The second kappa shape index (κ2) is 9.55. The lowest BCUT2D eigenvalue weighted by atomic mass is 10.0. The Bertz CT molecular complexity index is 2030. The maximum absolute atomic E-state index is 12.6.